The normalized spacial score (nSPS) is 13.9. The lowest BCUT2D eigenvalue weighted by Gasteiger charge is -2.17. The number of anilines is 3. The Bertz CT molecular complexity index is 1570. The van der Waals surface area contributed by atoms with Gasteiger partial charge in [-0.1, -0.05) is 30.3 Å². The van der Waals surface area contributed by atoms with Crippen LogP contribution in [0.5, 0.6) is 11.5 Å². The second-order valence-electron chi connectivity index (χ2n) is 13.3. The number of aromatic hydroxyl groups is 1. The summed E-state index contributed by atoms with van der Waals surface area (Å²) in [6.07, 6.45) is 0.763. The second-order valence-corrected chi connectivity index (χ2v) is 13.3. The fourth-order valence-corrected chi connectivity index (χ4v) is 5.68. The molecule has 1 heterocycles. The number of amides is 2. The van der Waals surface area contributed by atoms with Gasteiger partial charge >= 0.3 is 11.8 Å². The number of nitrogens with one attached hydrogen (secondary N) is 4. The van der Waals surface area contributed by atoms with E-state index in [1.54, 1.807) is 25.3 Å². The Balaban J connectivity index is 0.973. The minimum atomic E-state index is -0.819. The summed E-state index contributed by atoms with van der Waals surface area (Å²) in [6.45, 7) is 10.1. The van der Waals surface area contributed by atoms with Gasteiger partial charge in [-0.15, -0.1) is 0 Å². The number of phenolic OH excluding ortho intramolecular Hbond substituents is 1. The molecule has 2 amide bonds. The van der Waals surface area contributed by atoms with Crippen LogP contribution < -0.4 is 26.2 Å². The minimum absolute atomic E-state index is 0.0245. The molecule has 17 nitrogen and oxygen atoms in total. The maximum absolute atomic E-state index is 12.6. The van der Waals surface area contributed by atoms with E-state index in [4.69, 9.17) is 42.6 Å². The molecular weight excluding hydrogens is 766 g/mol. The van der Waals surface area contributed by atoms with Gasteiger partial charge in [0.15, 0.2) is 0 Å². The Morgan fingerprint density at radius 2 is 1.19 bits per heavy atom. The summed E-state index contributed by atoms with van der Waals surface area (Å²) in [5.41, 5.74) is 8.09. The van der Waals surface area contributed by atoms with Crippen LogP contribution >= 0.6 is 0 Å². The van der Waals surface area contributed by atoms with Crippen LogP contribution in [0.1, 0.15) is 12.0 Å². The molecule has 3 aromatic carbocycles. The number of rotatable bonds is 32. The van der Waals surface area contributed by atoms with E-state index in [9.17, 15) is 14.7 Å². The number of hydrogen-bond acceptors (Lipinski definition) is 15. The fraction of sp³-hybridized carbons (Fsp3) is 0.524. The van der Waals surface area contributed by atoms with Gasteiger partial charge < -0.3 is 58.4 Å². The summed E-state index contributed by atoms with van der Waals surface area (Å²) in [4.78, 5) is 27.5. The van der Waals surface area contributed by atoms with E-state index < -0.39 is 11.8 Å². The number of hydrogen-bond donors (Lipinski definition) is 5. The molecule has 5 N–H and O–H groups in total. The van der Waals surface area contributed by atoms with Crippen LogP contribution in [0.2, 0.25) is 0 Å². The molecular formula is C42H61N5O12. The lowest BCUT2D eigenvalue weighted by atomic mass is 10.2. The molecule has 1 aliphatic rings. The van der Waals surface area contributed by atoms with E-state index in [2.05, 4.69) is 38.5 Å². The monoisotopic (exact) mass is 827 g/mol. The SMILES string of the molecule is COCCOCCOCCOCCOCCOCCOCCOCCOc1ccc(Nc2cc(O)ccc2NNC(=O)C(=O)NC2CCN(Cc3ccccc3)C2)cc1. The first kappa shape index (κ1) is 47.1. The second kappa shape index (κ2) is 29.6. The first-order chi connectivity index (χ1) is 29.0. The lowest BCUT2D eigenvalue weighted by molar-refractivity contribution is -0.139. The zero-order valence-electron chi connectivity index (χ0n) is 34.0. The van der Waals surface area contributed by atoms with Gasteiger partial charge in [-0.3, -0.25) is 25.3 Å². The Morgan fingerprint density at radius 3 is 1.75 bits per heavy atom. The average molecular weight is 828 g/mol. The highest BCUT2D eigenvalue weighted by molar-refractivity contribution is 6.35. The highest BCUT2D eigenvalue weighted by atomic mass is 16.6. The first-order valence-corrected chi connectivity index (χ1v) is 20.0. The smallest absolute Gasteiger partial charge is 0.327 e. The van der Waals surface area contributed by atoms with Gasteiger partial charge in [0, 0.05) is 44.5 Å². The van der Waals surface area contributed by atoms with Crippen LogP contribution in [-0.2, 0) is 54.0 Å². The largest absolute Gasteiger partial charge is 0.508 e. The van der Waals surface area contributed by atoms with Crippen LogP contribution in [0.25, 0.3) is 0 Å². The summed E-state index contributed by atoms with van der Waals surface area (Å²) in [6, 6.07) is 21.8. The van der Waals surface area contributed by atoms with Crippen molar-refractivity contribution in [1.82, 2.24) is 15.6 Å². The van der Waals surface area contributed by atoms with Gasteiger partial charge in [0.05, 0.1) is 110 Å². The van der Waals surface area contributed by atoms with Crippen molar-refractivity contribution in [1.29, 1.82) is 0 Å². The van der Waals surface area contributed by atoms with Gasteiger partial charge in [0.2, 0.25) is 0 Å². The van der Waals surface area contributed by atoms with Crippen molar-refractivity contribution in [2.75, 3.05) is 137 Å². The van der Waals surface area contributed by atoms with E-state index >= 15 is 0 Å². The van der Waals surface area contributed by atoms with Crippen molar-refractivity contribution in [2.45, 2.75) is 19.0 Å². The van der Waals surface area contributed by atoms with Crippen LogP contribution in [-0.4, -0.2) is 154 Å². The lowest BCUT2D eigenvalue weighted by Crippen LogP contribution is -2.47. The summed E-state index contributed by atoms with van der Waals surface area (Å²) in [5, 5.41) is 16.2. The molecule has 0 saturated carbocycles. The van der Waals surface area contributed by atoms with Crippen molar-refractivity contribution in [3.8, 4) is 11.5 Å². The maximum Gasteiger partial charge on any atom is 0.327 e. The minimum Gasteiger partial charge on any atom is -0.508 e. The molecule has 0 bridgehead atoms. The van der Waals surface area contributed by atoms with Crippen molar-refractivity contribution >= 4 is 28.9 Å². The molecule has 1 unspecified atom stereocenters. The van der Waals surface area contributed by atoms with Crippen molar-refractivity contribution in [3.05, 3.63) is 78.4 Å². The predicted octanol–water partition coefficient (Wildman–Crippen LogP) is 3.11. The molecule has 17 heteroatoms. The highest BCUT2D eigenvalue weighted by Gasteiger charge is 2.26. The van der Waals surface area contributed by atoms with E-state index in [0.29, 0.717) is 135 Å². The number of likely N-dealkylation sites (tertiary alicyclic amines) is 1. The summed E-state index contributed by atoms with van der Waals surface area (Å²) in [5.74, 6) is -0.861. The number of carbonyl (C=O) groups excluding carboxylic acids is 2. The quantitative estimate of drug-likeness (QED) is 0.0267. The number of phenols is 1. The Kier molecular flexibility index (Phi) is 23.7. The topological polar surface area (TPSA) is 189 Å². The van der Waals surface area contributed by atoms with Gasteiger partial charge in [-0.2, -0.15) is 0 Å². The summed E-state index contributed by atoms with van der Waals surface area (Å²) < 4.78 is 49.0. The highest BCUT2D eigenvalue weighted by Crippen LogP contribution is 2.29. The third-order valence-corrected chi connectivity index (χ3v) is 8.67. The number of ether oxygens (including phenoxy) is 9. The van der Waals surface area contributed by atoms with Crippen molar-refractivity contribution < 1.29 is 57.3 Å². The molecule has 1 aliphatic heterocycles. The molecule has 0 aliphatic carbocycles. The third kappa shape index (κ3) is 20.8. The Labute approximate surface area is 346 Å². The number of nitrogens with zero attached hydrogens (tertiary/aromatic N) is 1. The van der Waals surface area contributed by atoms with Crippen LogP contribution in [0.4, 0.5) is 17.1 Å². The number of hydrazine groups is 1. The average Bonchev–Trinajstić information content (AvgIpc) is 3.69. The Morgan fingerprint density at radius 1 is 0.644 bits per heavy atom. The van der Waals surface area contributed by atoms with E-state index in [1.165, 1.54) is 17.7 Å². The van der Waals surface area contributed by atoms with E-state index in [-0.39, 0.29) is 11.8 Å². The fourth-order valence-electron chi connectivity index (χ4n) is 5.68. The first-order valence-electron chi connectivity index (χ1n) is 20.0. The number of benzene rings is 3. The number of carbonyl (C=O) groups is 2. The van der Waals surface area contributed by atoms with Crippen LogP contribution in [0.3, 0.4) is 0 Å². The van der Waals surface area contributed by atoms with Crippen LogP contribution in [0.15, 0.2) is 72.8 Å². The van der Waals surface area contributed by atoms with Gasteiger partial charge in [-0.05, 0) is 48.4 Å². The van der Waals surface area contributed by atoms with Crippen molar-refractivity contribution in [3.63, 3.8) is 0 Å². The molecule has 1 fully saturated rings. The standard InChI is InChI=1S/C42H61N5O12/c1-51-15-16-52-17-18-53-19-20-54-21-22-55-23-24-56-25-26-57-27-28-58-29-30-59-38-10-7-35(8-11-38)43-40-31-37(48)9-12-39(40)45-46-42(50)41(49)44-36-13-14-47(33-36)32-34-5-3-2-4-6-34/h2-12,31,36,43,45,48H,13-30,32-33H2,1H3,(H,44,49)(H,46,50). The molecule has 1 saturated heterocycles. The van der Waals surface area contributed by atoms with Gasteiger partial charge in [0.1, 0.15) is 18.1 Å². The molecule has 326 valence electrons. The van der Waals surface area contributed by atoms with E-state index in [1.807, 2.05) is 30.3 Å². The predicted molar refractivity (Wildman–Crippen MR) is 221 cm³/mol. The zero-order chi connectivity index (χ0) is 41.6. The van der Waals surface area contributed by atoms with Crippen molar-refractivity contribution in [2.24, 2.45) is 0 Å². The maximum atomic E-state index is 12.6. The molecule has 3 aromatic rings. The van der Waals surface area contributed by atoms with Gasteiger partial charge in [0.25, 0.3) is 0 Å². The zero-order valence-corrected chi connectivity index (χ0v) is 34.0. The van der Waals surface area contributed by atoms with Gasteiger partial charge in [-0.25, -0.2) is 0 Å². The molecule has 4 rings (SSSR count). The van der Waals surface area contributed by atoms with Crippen LogP contribution in [0, 0.1) is 0 Å². The number of methoxy groups -OCH3 is 1. The Hall–Kier alpha value is -4.56. The summed E-state index contributed by atoms with van der Waals surface area (Å²) in [7, 11) is 1.64. The molecule has 1 atom stereocenters. The molecule has 59 heavy (non-hydrogen) atoms. The molecule has 0 spiro atoms. The molecule has 0 aromatic heterocycles. The summed E-state index contributed by atoms with van der Waals surface area (Å²) >= 11 is 0. The van der Waals surface area contributed by atoms with E-state index in [0.717, 1.165) is 19.5 Å². The third-order valence-electron chi connectivity index (χ3n) is 8.67. The molecule has 0 radical (unpaired) electrons.